The summed E-state index contributed by atoms with van der Waals surface area (Å²) in [5.41, 5.74) is 2.91. The van der Waals surface area contributed by atoms with Gasteiger partial charge in [0.15, 0.2) is 0 Å². The van der Waals surface area contributed by atoms with E-state index < -0.39 is 6.86 Å². The first-order valence-corrected chi connectivity index (χ1v) is 8.78. The third kappa shape index (κ3) is 4.75. The number of carbonyl (C=O) groups is 1. The maximum atomic E-state index is 12.4. The maximum Gasteiger partial charge on any atom is 0.322 e. The molecule has 0 spiro atoms. The number of halogens is 2. The molecule has 2 N–H and O–H groups in total. The SMILES string of the molecule is O=C(Nc1ccc(OCF)cc1)N1CC=C(c2ncc(CO)cc2Cl)CC1. The van der Waals surface area contributed by atoms with E-state index in [2.05, 4.69) is 10.3 Å². The number of hydrogen-bond acceptors (Lipinski definition) is 4. The molecule has 0 saturated heterocycles. The second kappa shape index (κ2) is 8.83. The Kier molecular flexibility index (Phi) is 6.26. The summed E-state index contributed by atoms with van der Waals surface area (Å²) < 4.78 is 16.9. The third-order valence-electron chi connectivity index (χ3n) is 4.21. The highest BCUT2D eigenvalue weighted by Crippen LogP contribution is 2.27. The number of pyridine rings is 1. The number of ether oxygens (including phenoxy) is 1. The van der Waals surface area contributed by atoms with Crippen LogP contribution >= 0.6 is 11.6 Å². The van der Waals surface area contributed by atoms with Crippen molar-refractivity contribution in [1.29, 1.82) is 0 Å². The number of aromatic nitrogens is 1. The number of benzene rings is 1. The molecule has 0 fully saturated rings. The fourth-order valence-electron chi connectivity index (χ4n) is 2.77. The van der Waals surface area contributed by atoms with Crippen LogP contribution in [0.3, 0.4) is 0 Å². The van der Waals surface area contributed by atoms with Crippen molar-refractivity contribution in [3.8, 4) is 5.75 Å². The lowest BCUT2D eigenvalue weighted by Gasteiger charge is -2.27. The van der Waals surface area contributed by atoms with Crippen LogP contribution in [0, 0.1) is 0 Å². The molecular weight excluding hydrogens is 373 g/mol. The molecule has 0 radical (unpaired) electrons. The van der Waals surface area contributed by atoms with Gasteiger partial charge in [-0.1, -0.05) is 17.7 Å². The van der Waals surface area contributed by atoms with Crippen LogP contribution in [0.25, 0.3) is 5.57 Å². The highest BCUT2D eigenvalue weighted by molar-refractivity contribution is 6.32. The van der Waals surface area contributed by atoms with Crippen LogP contribution in [0.2, 0.25) is 5.02 Å². The minimum Gasteiger partial charge on any atom is -0.463 e. The molecule has 6 nitrogen and oxygen atoms in total. The van der Waals surface area contributed by atoms with Crippen molar-refractivity contribution >= 4 is 28.9 Å². The van der Waals surface area contributed by atoms with Crippen LogP contribution in [0.1, 0.15) is 17.7 Å². The monoisotopic (exact) mass is 391 g/mol. The molecule has 1 aliphatic rings. The normalized spacial score (nSPS) is 13.9. The van der Waals surface area contributed by atoms with Gasteiger partial charge in [0.25, 0.3) is 0 Å². The van der Waals surface area contributed by atoms with Gasteiger partial charge in [-0.25, -0.2) is 9.18 Å². The van der Waals surface area contributed by atoms with E-state index >= 15 is 0 Å². The van der Waals surface area contributed by atoms with Gasteiger partial charge in [0.2, 0.25) is 6.86 Å². The number of amides is 2. The molecule has 0 unspecified atom stereocenters. The number of anilines is 1. The number of nitrogens with zero attached hydrogens (tertiary/aromatic N) is 2. The molecule has 27 heavy (non-hydrogen) atoms. The van der Waals surface area contributed by atoms with Crippen molar-refractivity contribution in [3.05, 3.63) is 58.9 Å². The predicted molar refractivity (Wildman–Crippen MR) is 101 cm³/mol. The number of aliphatic hydroxyl groups is 1. The predicted octanol–water partition coefficient (Wildman–Crippen LogP) is 3.85. The number of aliphatic hydroxyl groups excluding tert-OH is 1. The van der Waals surface area contributed by atoms with E-state index in [-0.39, 0.29) is 12.6 Å². The van der Waals surface area contributed by atoms with Gasteiger partial charge < -0.3 is 20.1 Å². The van der Waals surface area contributed by atoms with Gasteiger partial charge in [-0.2, -0.15) is 0 Å². The van der Waals surface area contributed by atoms with Gasteiger partial charge in [-0.3, -0.25) is 4.98 Å². The van der Waals surface area contributed by atoms with Crippen LogP contribution in [0.5, 0.6) is 5.75 Å². The Morgan fingerprint density at radius 1 is 1.37 bits per heavy atom. The maximum absolute atomic E-state index is 12.4. The van der Waals surface area contributed by atoms with Gasteiger partial charge in [0.1, 0.15) is 5.75 Å². The number of hydrogen-bond donors (Lipinski definition) is 2. The second-order valence-corrected chi connectivity index (χ2v) is 6.37. The first-order chi connectivity index (χ1) is 13.1. The van der Waals surface area contributed by atoms with Crippen molar-refractivity contribution in [1.82, 2.24) is 9.88 Å². The van der Waals surface area contributed by atoms with E-state index in [4.69, 9.17) is 21.4 Å². The summed E-state index contributed by atoms with van der Waals surface area (Å²) in [6.07, 6.45) is 4.15. The summed E-state index contributed by atoms with van der Waals surface area (Å²) >= 11 is 6.24. The molecule has 1 aromatic heterocycles. The highest BCUT2D eigenvalue weighted by Gasteiger charge is 2.20. The molecule has 0 aliphatic carbocycles. The standard InChI is InChI=1S/C19H19ClFN3O3/c20-17-9-13(11-25)10-22-18(17)14-5-7-24(8-6-14)19(26)23-15-1-3-16(4-2-15)27-12-21/h1-5,9-10,25H,6-8,11-12H2,(H,23,26). The molecule has 2 amide bonds. The van der Waals surface area contributed by atoms with E-state index in [1.54, 1.807) is 41.4 Å². The third-order valence-corrected chi connectivity index (χ3v) is 4.50. The Labute approximate surface area is 161 Å². The minimum atomic E-state index is -0.893. The number of alkyl halides is 1. The fraction of sp³-hybridized carbons (Fsp3) is 0.263. The molecular formula is C19H19ClFN3O3. The number of rotatable bonds is 5. The number of carbonyl (C=O) groups excluding carboxylic acids is 1. The molecule has 1 aromatic carbocycles. The Bertz CT molecular complexity index is 843. The zero-order valence-electron chi connectivity index (χ0n) is 14.5. The first-order valence-electron chi connectivity index (χ1n) is 8.40. The summed E-state index contributed by atoms with van der Waals surface area (Å²) in [4.78, 5) is 18.4. The molecule has 2 heterocycles. The molecule has 0 saturated carbocycles. The van der Waals surface area contributed by atoms with Gasteiger partial charge in [0, 0.05) is 25.0 Å². The van der Waals surface area contributed by atoms with Crippen molar-refractivity contribution in [2.45, 2.75) is 13.0 Å². The summed E-state index contributed by atoms with van der Waals surface area (Å²) in [7, 11) is 0. The fourth-order valence-corrected chi connectivity index (χ4v) is 3.08. The smallest absolute Gasteiger partial charge is 0.322 e. The lowest BCUT2D eigenvalue weighted by Crippen LogP contribution is -2.37. The van der Waals surface area contributed by atoms with E-state index in [0.29, 0.717) is 47.2 Å². The average Bonchev–Trinajstić information content (AvgIpc) is 2.69. The zero-order chi connectivity index (χ0) is 19.2. The zero-order valence-corrected chi connectivity index (χ0v) is 15.2. The van der Waals surface area contributed by atoms with Crippen molar-refractivity contribution in [2.24, 2.45) is 0 Å². The van der Waals surface area contributed by atoms with Crippen LogP contribution in [0.15, 0.2) is 42.6 Å². The number of urea groups is 1. The van der Waals surface area contributed by atoms with Crippen LogP contribution < -0.4 is 10.1 Å². The van der Waals surface area contributed by atoms with Gasteiger partial charge >= 0.3 is 6.03 Å². The lowest BCUT2D eigenvalue weighted by molar-refractivity contribution is 0.192. The second-order valence-electron chi connectivity index (χ2n) is 5.97. The van der Waals surface area contributed by atoms with Gasteiger partial charge in [-0.05, 0) is 47.9 Å². The average molecular weight is 392 g/mol. The summed E-state index contributed by atoms with van der Waals surface area (Å²) in [5.74, 6) is 0.401. The van der Waals surface area contributed by atoms with E-state index in [1.807, 2.05) is 6.08 Å². The molecule has 8 heteroatoms. The van der Waals surface area contributed by atoms with Crippen LogP contribution in [-0.4, -0.2) is 41.0 Å². The van der Waals surface area contributed by atoms with Gasteiger partial charge in [-0.15, -0.1) is 0 Å². The number of nitrogens with one attached hydrogen (secondary N) is 1. The van der Waals surface area contributed by atoms with Crippen LogP contribution in [0.4, 0.5) is 14.9 Å². The van der Waals surface area contributed by atoms with Crippen molar-refractivity contribution in [2.75, 3.05) is 25.3 Å². The Hall–Kier alpha value is -2.64. The summed E-state index contributed by atoms with van der Waals surface area (Å²) in [5, 5.41) is 12.4. The van der Waals surface area contributed by atoms with E-state index in [0.717, 1.165) is 5.57 Å². The largest absolute Gasteiger partial charge is 0.463 e. The highest BCUT2D eigenvalue weighted by atomic mass is 35.5. The van der Waals surface area contributed by atoms with E-state index in [9.17, 15) is 9.18 Å². The molecule has 0 bridgehead atoms. The molecule has 2 aromatic rings. The lowest BCUT2D eigenvalue weighted by atomic mass is 10.0. The first kappa shape index (κ1) is 19.1. The van der Waals surface area contributed by atoms with Crippen molar-refractivity contribution < 1.29 is 19.0 Å². The Morgan fingerprint density at radius 2 is 2.15 bits per heavy atom. The summed E-state index contributed by atoms with van der Waals surface area (Å²) in [6, 6.07) is 7.96. The van der Waals surface area contributed by atoms with Gasteiger partial charge in [0.05, 0.1) is 17.3 Å². The van der Waals surface area contributed by atoms with Crippen LogP contribution in [-0.2, 0) is 6.61 Å². The molecule has 0 atom stereocenters. The minimum absolute atomic E-state index is 0.110. The summed E-state index contributed by atoms with van der Waals surface area (Å²) in [6.45, 7) is -0.0406. The Balaban J connectivity index is 1.61. The topological polar surface area (TPSA) is 74.7 Å². The quantitative estimate of drug-likeness (QED) is 0.811. The molecule has 1 aliphatic heterocycles. The molecule has 3 rings (SSSR count). The van der Waals surface area contributed by atoms with Crippen molar-refractivity contribution in [3.63, 3.8) is 0 Å². The molecule has 142 valence electrons. The Morgan fingerprint density at radius 3 is 2.74 bits per heavy atom. The van der Waals surface area contributed by atoms with E-state index in [1.165, 1.54) is 0 Å².